The van der Waals surface area contributed by atoms with Gasteiger partial charge < -0.3 is 0 Å². The second kappa shape index (κ2) is 6.74. The maximum absolute atomic E-state index is 2.34. The Bertz CT molecular complexity index is 767. The molecule has 0 bridgehead atoms. The van der Waals surface area contributed by atoms with Gasteiger partial charge in [-0.25, -0.2) is 0 Å². The third-order valence-corrected chi connectivity index (χ3v) is 9.79. The van der Waals surface area contributed by atoms with E-state index in [1.807, 2.05) is 0 Å². The third-order valence-electron chi connectivity index (χ3n) is 4.53. The van der Waals surface area contributed by atoms with E-state index in [4.69, 9.17) is 0 Å². The molecule has 23 heavy (non-hydrogen) atoms. The van der Waals surface area contributed by atoms with Crippen molar-refractivity contribution in [2.45, 2.75) is 27.7 Å². The number of aryl methyl sites for hydroxylation is 2. The van der Waals surface area contributed by atoms with Crippen LogP contribution in [0, 0.1) is 27.7 Å². The van der Waals surface area contributed by atoms with Gasteiger partial charge in [-0.05, 0) is 0 Å². The van der Waals surface area contributed by atoms with Crippen LogP contribution in [0.1, 0.15) is 22.3 Å². The summed E-state index contributed by atoms with van der Waals surface area (Å²) in [6.07, 6.45) is 0. The quantitative estimate of drug-likeness (QED) is 0.623. The molecule has 0 aromatic heterocycles. The van der Waals surface area contributed by atoms with Crippen molar-refractivity contribution in [3.05, 3.63) is 89.0 Å². The molecular weight excluding hydrogens is 343 g/mol. The maximum atomic E-state index is 2.34. The molecule has 0 atom stereocenters. The monoisotopic (exact) mass is 367 g/mol. The Labute approximate surface area is 144 Å². The Kier molecular flexibility index (Phi) is 4.71. The van der Waals surface area contributed by atoms with E-state index in [-0.39, 0.29) is 0 Å². The van der Waals surface area contributed by atoms with Crippen LogP contribution in [0.2, 0.25) is 0 Å². The van der Waals surface area contributed by atoms with E-state index in [1.54, 1.807) is 0 Å². The van der Waals surface area contributed by atoms with Crippen molar-refractivity contribution in [3.63, 3.8) is 0 Å². The zero-order valence-corrected chi connectivity index (χ0v) is 16.0. The van der Waals surface area contributed by atoms with Gasteiger partial charge in [0, 0.05) is 0 Å². The molecule has 1 heteroatoms. The molecule has 0 aliphatic rings. The number of rotatable bonds is 3. The van der Waals surface area contributed by atoms with Crippen LogP contribution in [-0.2, 0) is 0 Å². The molecule has 0 saturated heterocycles. The molecule has 0 fully saturated rings. The first kappa shape index (κ1) is 16.1. The molecular formula is C22H23Se+. The van der Waals surface area contributed by atoms with Gasteiger partial charge >= 0.3 is 144 Å². The van der Waals surface area contributed by atoms with Crippen molar-refractivity contribution in [1.82, 2.24) is 0 Å². The van der Waals surface area contributed by atoms with E-state index in [1.165, 1.54) is 35.6 Å². The summed E-state index contributed by atoms with van der Waals surface area (Å²) in [5, 5.41) is 0. The average molecular weight is 366 g/mol. The fourth-order valence-electron chi connectivity index (χ4n) is 2.82. The summed E-state index contributed by atoms with van der Waals surface area (Å²) in [7, 11) is 0. The fourth-order valence-corrected chi connectivity index (χ4v) is 8.14. The van der Waals surface area contributed by atoms with Gasteiger partial charge in [-0.1, -0.05) is 0 Å². The summed E-state index contributed by atoms with van der Waals surface area (Å²) in [6.45, 7) is 8.98. The van der Waals surface area contributed by atoms with Crippen LogP contribution in [0.3, 0.4) is 0 Å². The molecule has 3 aromatic carbocycles. The van der Waals surface area contributed by atoms with Crippen molar-refractivity contribution < 1.29 is 0 Å². The predicted molar refractivity (Wildman–Crippen MR) is 103 cm³/mol. The molecule has 0 heterocycles. The van der Waals surface area contributed by atoms with E-state index < -0.39 is 13.9 Å². The third kappa shape index (κ3) is 3.13. The summed E-state index contributed by atoms with van der Waals surface area (Å²) in [5.74, 6) is 0. The number of hydrogen-bond donors (Lipinski definition) is 0. The van der Waals surface area contributed by atoms with Gasteiger partial charge in [-0.3, -0.25) is 0 Å². The molecule has 0 saturated carbocycles. The summed E-state index contributed by atoms with van der Waals surface area (Å²) in [5.41, 5.74) is 5.67. The first-order chi connectivity index (χ1) is 11.1. The van der Waals surface area contributed by atoms with E-state index in [9.17, 15) is 0 Å². The molecule has 3 rings (SSSR count). The molecule has 0 N–H and O–H groups in total. The Morgan fingerprint density at radius 1 is 0.522 bits per heavy atom. The second-order valence-corrected chi connectivity index (χ2v) is 10.1. The molecule has 3 aromatic rings. The molecule has 0 nitrogen and oxygen atoms in total. The van der Waals surface area contributed by atoms with Gasteiger partial charge in [0.2, 0.25) is 0 Å². The van der Waals surface area contributed by atoms with E-state index >= 15 is 0 Å². The van der Waals surface area contributed by atoms with Crippen molar-refractivity contribution in [3.8, 4) is 0 Å². The molecule has 0 aliphatic carbocycles. The molecule has 0 spiro atoms. The zero-order valence-electron chi connectivity index (χ0n) is 14.3. The van der Waals surface area contributed by atoms with Gasteiger partial charge in [-0.15, -0.1) is 0 Å². The Balaban J connectivity index is 2.27. The van der Waals surface area contributed by atoms with Gasteiger partial charge in [0.05, 0.1) is 0 Å². The topological polar surface area (TPSA) is 0 Å². The van der Waals surface area contributed by atoms with Crippen LogP contribution in [0.5, 0.6) is 0 Å². The fraction of sp³-hybridized carbons (Fsp3) is 0.182. The Hall–Kier alpha value is -1.82. The van der Waals surface area contributed by atoms with E-state index in [2.05, 4.69) is 94.4 Å². The Morgan fingerprint density at radius 2 is 1.00 bits per heavy atom. The van der Waals surface area contributed by atoms with E-state index in [0.29, 0.717) is 0 Å². The number of hydrogen-bond acceptors (Lipinski definition) is 0. The SMILES string of the molecule is Cc1cccc([Se+](c2ccccc2)c2cccc(C)c2C)c1C. The minimum atomic E-state index is -1.27. The normalized spacial score (nSPS) is 11.0. The van der Waals surface area contributed by atoms with Crippen LogP contribution < -0.4 is 13.4 Å². The summed E-state index contributed by atoms with van der Waals surface area (Å²) >= 11 is -1.27. The van der Waals surface area contributed by atoms with Crippen molar-refractivity contribution in [2.75, 3.05) is 0 Å². The van der Waals surface area contributed by atoms with Gasteiger partial charge in [-0.2, -0.15) is 0 Å². The van der Waals surface area contributed by atoms with Crippen LogP contribution >= 0.6 is 0 Å². The first-order valence-electron chi connectivity index (χ1n) is 8.01. The van der Waals surface area contributed by atoms with Gasteiger partial charge in [0.15, 0.2) is 0 Å². The van der Waals surface area contributed by atoms with E-state index in [0.717, 1.165) is 0 Å². The zero-order chi connectivity index (χ0) is 16.4. The standard InChI is InChI=1S/C22H23Se/c1-16-10-8-14-21(18(16)3)23(20-12-6-5-7-13-20)22-15-9-11-17(2)19(22)4/h5-15H,1-4H3/q+1. The van der Waals surface area contributed by atoms with Crippen molar-refractivity contribution in [1.29, 1.82) is 0 Å². The Morgan fingerprint density at radius 3 is 1.48 bits per heavy atom. The molecule has 0 radical (unpaired) electrons. The molecule has 0 unspecified atom stereocenters. The first-order valence-corrected chi connectivity index (χ1v) is 10.6. The van der Waals surface area contributed by atoms with Crippen molar-refractivity contribution >= 4 is 27.3 Å². The molecule has 0 amide bonds. The average Bonchev–Trinajstić information content (AvgIpc) is 2.56. The predicted octanol–water partition coefficient (Wildman–Crippen LogP) is 3.44. The summed E-state index contributed by atoms with van der Waals surface area (Å²) in [6, 6.07) is 24.6. The van der Waals surface area contributed by atoms with Crippen LogP contribution in [0.15, 0.2) is 66.7 Å². The van der Waals surface area contributed by atoms with Crippen LogP contribution in [0.25, 0.3) is 0 Å². The summed E-state index contributed by atoms with van der Waals surface area (Å²) < 4.78 is 4.55. The number of benzene rings is 3. The van der Waals surface area contributed by atoms with Crippen molar-refractivity contribution in [2.24, 2.45) is 0 Å². The minimum absolute atomic E-state index is 1.27. The van der Waals surface area contributed by atoms with Crippen LogP contribution in [0.4, 0.5) is 0 Å². The molecule has 0 aliphatic heterocycles. The summed E-state index contributed by atoms with van der Waals surface area (Å²) in [4.78, 5) is 0. The second-order valence-electron chi connectivity index (χ2n) is 6.02. The molecule has 116 valence electrons. The van der Waals surface area contributed by atoms with Gasteiger partial charge in [0.1, 0.15) is 0 Å². The van der Waals surface area contributed by atoms with Crippen LogP contribution in [-0.4, -0.2) is 13.9 Å². The van der Waals surface area contributed by atoms with Gasteiger partial charge in [0.25, 0.3) is 0 Å².